The number of aliphatic imine (C=N–C) groups is 1. The van der Waals surface area contributed by atoms with Crippen LogP contribution in [0.4, 0.5) is 17.3 Å². The molecule has 1 aliphatic heterocycles. The van der Waals surface area contributed by atoms with Gasteiger partial charge in [0.2, 0.25) is 5.28 Å². The number of aromatic nitrogens is 2. The highest BCUT2D eigenvalue weighted by Gasteiger charge is 2.47. The minimum atomic E-state index is -4.96. The van der Waals surface area contributed by atoms with Crippen molar-refractivity contribution in [2.24, 2.45) is 4.99 Å². The average Bonchev–Trinajstić information content (AvgIpc) is 3.43. The summed E-state index contributed by atoms with van der Waals surface area (Å²) < 4.78 is 46.5. The SMILES string of the molecule is C=Nc1c(NC2CCCC2)nc(Cl)nc1N(C)[C@@H]1O[C@H](COC(CS(=O)(=O)CC)P(=O)(O)O)[C@@H](O)[C@H]1O. The number of halogens is 1. The number of hydrogen-bond acceptors (Lipinski definition) is 12. The van der Waals surface area contributed by atoms with Crippen LogP contribution >= 0.6 is 19.2 Å². The van der Waals surface area contributed by atoms with E-state index in [4.69, 9.17) is 21.1 Å². The molecular weight excluding hydrogens is 553 g/mol. The number of aliphatic hydroxyl groups excluding tert-OH is 2. The van der Waals surface area contributed by atoms with E-state index >= 15 is 0 Å². The predicted octanol–water partition coefficient (Wildman–Crippen LogP) is 0.655. The summed E-state index contributed by atoms with van der Waals surface area (Å²) in [5.41, 5.74) is 0.259. The third kappa shape index (κ3) is 7.37. The molecule has 210 valence electrons. The Morgan fingerprint density at radius 3 is 2.51 bits per heavy atom. The van der Waals surface area contributed by atoms with Crippen LogP contribution in [-0.4, -0.2) is 107 Å². The lowest BCUT2D eigenvalue weighted by Crippen LogP contribution is -2.42. The van der Waals surface area contributed by atoms with Gasteiger partial charge >= 0.3 is 7.60 Å². The molecule has 0 amide bonds. The van der Waals surface area contributed by atoms with Crippen LogP contribution in [0.25, 0.3) is 0 Å². The maximum Gasteiger partial charge on any atom is 0.355 e. The number of anilines is 2. The van der Waals surface area contributed by atoms with Crippen LogP contribution in [0.15, 0.2) is 4.99 Å². The first-order valence-corrected chi connectivity index (χ1v) is 15.6. The Bertz CT molecular complexity index is 1120. The average molecular weight is 586 g/mol. The number of hydrogen-bond donors (Lipinski definition) is 5. The van der Waals surface area contributed by atoms with Gasteiger partial charge in [0.15, 0.2) is 33.5 Å². The van der Waals surface area contributed by atoms with E-state index in [1.807, 2.05) is 0 Å². The quantitative estimate of drug-likeness (QED) is 0.130. The number of aliphatic hydroxyl groups is 2. The van der Waals surface area contributed by atoms with Crippen molar-refractivity contribution in [1.82, 2.24) is 9.97 Å². The van der Waals surface area contributed by atoms with E-state index in [2.05, 4.69) is 27.0 Å². The molecule has 5 atom stereocenters. The zero-order chi connectivity index (χ0) is 27.5. The summed E-state index contributed by atoms with van der Waals surface area (Å²) >= 11 is 6.15. The van der Waals surface area contributed by atoms with Crippen molar-refractivity contribution in [3.63, 3.8) is 0 Å². The summed E-state index contributed by atoms with van der Waals surface area (Å²) in [6, 6.07) is 0.180. The molecule has 1 unspecified atom stereocenters. The second-order valence-corrected chi connectivity index (χ2v) is 13.5. The second-order valence-electron chi connectivity index (χ2n) is 9.03. The molecule has 5 N–H and O–H groups in total. The Hall–Kier alpha value is -1.42. The van der Waals surface area contributed by atoms with Crippen LogP contribution < -0.4 is 10.2 Å². The maximum atomic E-state index is 11.9. The Kier molecular flexibility index (Phi) is 9.92. The van der Waals surface area contributed by atoms with Crippen LogP contribution in [0.5, 0.6) is 0 Å². The highest BCUT2D eigenvalue weighted by molar-refractivity contribution is 7.91. The van der Waals surface area contributed by atoms with Crippen molar-refractivity contribution in [2.75, 3.05) is 35.4 Å². The fourth-order valence-electron chi connectivity index (χ4n) is 4.26. The Labute approximate surface area is 220 Å². The van der Waals surface area contributed by atoms with Gasteiger partial charge in [-0.05, 0) is 31.2 Å². The van der Waals surface area contributed by atoms with Crippen molar-refractivity contribution < 1.29 is 42.5 Å². The monoisotopic (exact) mass is 585 g/mol. The summed E-state index contributed by atoms with van der Waals surface area (Å²) in [7, 11) is -7.23. The molecule has 2 aliphatic rings. The van der Waals surface area contributed by atoms with Crippen LogP contribution in [0.1, 0.15) is 32.6 Å². The van der Waals surface area contributed by atoms with Crippen molar-refractivity contribution in [2.45, 2.75) is 69.0 Å². The van der Waals surface area contributed by atoms with Crippen LogP contribution in [0.2, 0.25) is 5.28 Å². The molecule has 1 aromatic heterocycles. The molecule has 0 radical (unpaired) electrons. The Morgan fingerprint density at radius 2 is 1.95 bits per heavy atom. The fourth-order valence-corrected chi connectivity index (χ4v) is 6.93. The molecule has 14 nitrogen and oxygen atoms in total. The molecule has 1 saturated heterocycles. The van der Waals surface area contributed by atoms with Crippen molar-refractivity contribution in [3.05, 3.63) is 5.28 Å². The fraction of sp³-hybridized carbons (Fsp3) is 0.750. The summed E-state index contributed by atoms with van der Waals surface area (Å²) in [6.45, 7) is 4.33. The van der Waals surface area contributed by atoms with Crippen molar-refractivity contribution >= 4 is 53.1 Å². The van der Waals surface area contributed by atoms with Crippen molar-refractivity contribution in [1.29, 1.82) is 0 Å². The molecule has 17 heteroatoms. The van der Waals surface area contributed by atoms with Crippen molar-refractivity contribution in [3.8, 4) is 0 Å². The molecule has 2 heterocycles. The van der Waals surface area contributed by atoms with Gasteiger partial charge in [-0.15, -0.1) is 0 Å². The van der Waals surface area contributed by atoms with E-state index in [9.17, 15) is 33.0 Å². The lowest BCUT2D eigenvalue weighted by Gasteiger charge is -2.29. The lowest BCUT2D eigenvalue weighted by atomic mass is 10.1. The van der Waals surface area contributed by atoms with Gasteiger partial charge in [0.1, 0.15) is 24.0 Å². The van der Waals surface area contributed by atoms with E-state index in [0.717, 1.165) is 25.7 Å². The van der Waals surface area contributed by atoms with Gasteiger partial charge < -0.3 is 39.7 Å². The summed E-state index contributed by atoms with van der Waals surface area (Å²) in [5, 5.41) is 24.4. The van der Waals surface area contributed by atoms with Gasteiger partial charge in [0.05, 0.1) is 12.4 Å². The van der Waals surface area contributed by atoms with Gasteiger partial charge in [-0.2, -0.15) is 9.97 Å². The molecule has 1 saturated carbocycles. The molecule has 0 aromatic carbocycles. The first-order valence-electron chi connectivity index (χ1n) is 11.7. The van der Waals surface area contributed by atoms with E-state index < -0.39 is 60.2 Å². The summed E-state index contributed by atoms with van der Waals surface area (Å²) in [6.07, 6.45) is -1.39. The molecular formula is C20H33ClN5O9PS. The zero-order valence-electron chi connectivity index (χ0n) is 20.5. The predicted molar refractivity (Wildman–Crippen MR) is 137 cm³/mol. The largest absolute Gasteiger partial charge is 0.387 e. The maximum absolute atomic E-state index is 11.9. The number of nitrogens with one attached hydrogen (secondary N) is 1. The van der Waals surface area contributed by atoms with E-state index in [0.29, 0.717) is 5.82 Å². The summed E-state index contributed by atoms with van der Waals surface area (Å²) in [5.74, 6) is -2.68. The summed E-state index contributed by atoms with van der Waals surface area (Å²) in [4.78, 5) is 32.9. The van der Waals surface area contributed by atoms with Gasteiger partial charge in [0.25, 0.3) is 0 Å². The minimum absolute atomic E-state index is 0.0933. The normalized spacial score (nSPS) is 25.8. The Balaban J connectivity index is 1.78. The van der Waals surface area contributed by atoms with Gasteiger partial charge in [-0.3, -0.25) is 9.56 Å². The third-order valence-electron chi connectivity index (χ3n) is 6.41. The molecule has 3 rings (SSSR count). The first kappa shape index (κ1) is 30.1. The lowest BCUT2D eigenvalue weighted by molar-refractivity contribution is -0.0505. The number of sulfone groups is 1. The standard InChI is InChI=1S/C20H33ClN5O9PS/c1-4-37(32,33)10-13(36(29,30)31)34-9-12-15(27)16(28)19(35-12)26(3)18-14(22-2)17(24-20(21)25-18)23-11-7-5-6-8-11/h11-13,15-16,19,27-28H,2,4-10H2,1,3H3,(H,23,24,25)(H2,29,30,31)/t12-,13?,15-,16-,19-/m1/s1. The number of ether oxygens (including phenoxy) is 2. The number of likely N-dealkylation sites (N-methyl/N-ethyl adjacent to an activating group) is 1. The highest BCUT2D eigenvalue weighted by Crippen LogP contribution is 2.43. The van der Waals surface area contributed by atoms with E-state index in [-0.39, 0.29) is 28.6 Å². The highest BCUT2D eigenvalue weighted by atomic mass is 35.5. The van der Waals surface area contributed by atoms with Crippen LogP contribution in [0.3, 0.4) is 0 Å². The zero-order valence-corrected chi connectivity index (χ0v) is 22.9. The van der Waals surface area contributed by atoms with E-state index in [1.165, 1.54) is 18.9 Å². The molecule has 2 fully saturated rings. The molecule has 0 bridgehead atoms. The first-order chi connectivity index (χ1) is 17.3. The molecule has 0 spiro atoms. The molecule has 37 heavy (non-hydrogen) atoms. The Morgan fingerprint density at radius 1 is 1.30 bits per heavy atom. The van der Waals surface area contributed by atoms with Gasteiger partial charge in [0, 0.05) is 18.8 Å². The smallest absolute Gasteiger partial charge is 0.355 e. The van der Waals surface area contributed by atoms with Gasteiger partial charge in [-0.1, -0.05) is 19.8 Å². The van der Waals surface area contributed by atoms with Gasteiger partial charge in [-0.25, -0.2) is 8.42 Å². The molecule has 1 aliphatic carbocycles. The minimum Gasteiger partial charge on any atom is -0.387 e. The molecule has 1 aromatic rings. The third-order valence-corrected chi connectivity index (χ3v) is 9.60. The number of rotatable bonds is 12. The van der Waals surface area contributed by atoms with Crippen LogP contribution in [-0.2, 0) is 23.9 Å². The second kappa shape index (κ2) is 12.2. The van der Waals surface area contributed by atoms with E-state index in [1.54, 1.807) is 0 Å². The van der Waals surface area contributed by atoms with Crippen LogP contribution in [0, 0.1) is 0 Å². The topological polar surface area (TPSA) is 204 Å². The number of nitrogens with zero attached hydrogens (tertiary/aromatic N) is 4.